The van der Waals surface area contributed by atoms with E-state index in [1.165, 1.54) is 0 Å². The third-order valence-corrected chi connectivity index (χ3v) is 5.22. The van der Waals surface area contributed by atoms with Crippen LogP contribution in [0.25, 0.3) is 0 Å². The summed E-state index contributed by atoms with van der Waals surface area (Å²) in [5.74, 6) is 0.346. The number of nitrogens with zero attached hydrogens (tertiary/aromatic N) is 2. The molecule has 114 valence electrons. The Balaban J connectivity index is 2.25. The van der Waals surface area contributed by atoms with Gasteiger partial charge in [0, 0.05) is 24.8 Å². The minimum Gasteiger partial charge on any atom is -0.377 e. The third-order valence-electron chi connectivity index (χ3n) is 3.18. The average Bonchev–Trinajstić information content (AvgIpc) is 2.63. The highest BCUT2D eigenvalue weighted by atomic mass is 35.5. The first-order valence-electron chi connectivity index (χ1n) is 6.46. The predicted octanol–water partition coefficient (Wildman–Crippen LogP) is 2.72. The quantitative estimate of drug-likeness (QED) is 0.857. The van der Waals surface area contributed by atoms with E-state index in [-0.39, 0.29) is 0 Å². The molecule has 0 amide bonds. The lowest BCUT2D eigenvalue weighted by Crippen LogP contribution is -2.34. The number of benzene rings is 1. The van der Waals surface area contributed by atoms with Crippen LogP contribution in [-0.4, -0.2) is 34.0 Å². The summed E-state index contributed by atoms with van der Waals surface area (Å²) < 4.78 is 12.5. The Morgan fingerprint density at radius 3 is 2.62 bits per heavy atom. The molecule has 2 rings (SSSR count). The molecule has 1 heterocycles. The molecule has 21 heavy (non-hydrogen) atoms. The molecule has 1 aliphatic rings. The summed E-state index contributed by atoms with van der Waals surface area (Å²) in [5, 5.41) is 4.03. The van der Waals surface area contributed by atoms with E-state index in [1.807, 2.05) is 51.0 Å². The smallest absolute Gasteiger partial charge is 0.193 e. The number of halogens is 1. The first-order chi connectivity index (χ1) is 9.70. The van der Waals surface area contributed by atoms with Gasteiger partial charge in [0.05, 0.1) is 16.6 Å². The van der Waals surface area contributed by atoms with Crippen molar-refractivity contribution < 1.29 is 4.21 Å². The Bertz CT molecular complexity index is 641. The van der Waals surface area contributed by atoms with Crippen molar-refractivity contribution in [1.82, 2.24) is 5.32 Å². The number of thiocarbonyl (C=S) groups is 1. The molecule has 1 N–H and O–H groups in total. The number of rotatable bonds is 3. The van der Waals surface area contributed by atoms with E-state index < -0.39 is 16.3 Å². The van der Waals surface area contributed by atoms with Crippen LogP contribution in [0.1, 0.15) is 19.4 Å². The Morgan fingerprint density at radius 1 is 1.43 bits per heavy atom. The van der Waals surface area contributed by atoms with Crippen LogP contribution in [-0.2, 0) is 16.6 Å². The van der Waals surface area contributed by atoms with Gasteiger partial charge in [-0.15, -0.1) is 0 Å². The highest BCUT2D eigenvalue weighted by Gasteiger charge is 2.32. The van der Waals surface area contributed by atoms with Crippen LogP contribution in [0.5, 0.6) is 0 Å². The fourth-order valence-electron chi connectivity index (χ4n) is 2.01. The maximum absolute atomic E-state index is 12.5. The molecule has 0 saturated carbocycles. The summed E-state index contributed by atoms with van der Waals surface area (Å²) in [6, 6.07) is 5.59. The Kier molecular flexibility index (Phi) is 4.70. The number of nitrogens with one attached hydrogen (secondary N) is 1. The molecule has 4 nitrogen and oxygen atoms in total. The van der Waals surface area contributed by atoms with E-state index in [0.717, 1.165) is 11.3 Å². The molecular weight excluding hydrogens is 326 g/mol. The monoisotopic (exact) mass is 343 g/mol. The molecule has 1 aromatic carbocycles. The maximum Gasteiger partial charge on any atom is 0.193 e. The Hall–Kier alpha value is -0.980. The van der Waals surface area contributed by atoms with Gasteiger partial charge in [-0.2, -0.15) is 0 Å². The lowest BCUT2D eigenvalue weighted by Gasteiger charge is -2.17. The van der Waals surface area contributed by atoms with Gasteiger partial charge < -0.3 is 10.2 Å². The fraction of sp³-hybridized carbons (Fsp3) is 0.429. The molecule has 1 atom stereocenters. The van der Waals surface area contributed by atoms with Crippen LogP contribution in [0.15, 0.2) is 23.2 Å². The fourth-order valence-corrected chi connectivity index (χ4v) is 3.60. The van der Waals surface area contributed by atoms with E-state index in [0.29, 0.717) is 20.9 Å². The minimum absolute atomic E-state index is 0.346. The Morgan fingerprint density at radius 2 is 2.10 bits per heavy atom. The first kappa shape index (κ1) is 16.4. The van der Waals surface area contributed by atoms with Crippen molar-refractivity contribution in [1.29, 1.82) is 0 Å². The highest BCUT2D eigenvalue weighted by Crippen LogP contribution is 2.25. The van der Waals surface area contributed by atoms with Gasteiger partial charge in [0.25, 0.3) is 0 Å². The van der Waals surface area contributed by atoms with Gasteiger partial charge in [0.2, 0.25) is 0 Å². The average molecular weight is 344 g/mol. The third kappa shape index (κ3) is 3.62. The molecule has 7 heteroatoms. The predicted molar refractivity (Wildman–Crippen MR) is 94.9 cm³/mol. The normalized spacial score (nSPS) is 18.1. The van der Waals surface area contributed by atoms with Gasteiger partial charge in [-0.3, -0.25) is 4.21 Å². The van der Waals surface area contributed by atoms with Gasteiger partial charge >= 0.3 is 0 Å². The summed E-state index contributed by atoms with van der Waals surface area (Å²) in [5.41, 5.74) is 1.43. The second-order valence-electron chi connectivity index (χ2n) is 5.59. The number of aliphatic imine (C=N–C) groups is 1. The first-order valence-corrected chi connectivity index (χ1v) is 8.56. The number of anilines is 1. The van der Waals surface area contributed by atoms with Gasteiger partial charge in [-0.05, 0) is 37.6 Å². The lowest BCUT2D eigenvalue weighted by molar-refractivity contribution is 0.688. The SMILES string of the molecule is CN(C)c1ccc(Cl)cc1CS(=O)C1=NC(C)(C)C(=S)N1. The van der Waals surface area contributed by atoms with E-state index in [1.54, 1.807) is 0 Å². The molecule has 0 saturated heterocycles. The van der Waals surface area contributed by atoms with Gasteiger partial charge in [0.1, 0.15) is 10.5 Å². The molecule has 0 radical (unpaired) electrons. The summed E-state index contributed by atoms with van der Waals surface area (Å²) >= 11 is 11.3. The van der Waals surface area contributed by atoms with E-state index in [4.69, 9.17) is 23.8 Å². The molecule has 1 unspecified atom stereocenters. The number of amidine groups is 1. The zero-order valence-electron chi connectivity index (χ0n) is 12.4. The summed E-state index contributed by atoms with van der Waals surface area (Å²) in [6.45, 7) is 3.80. The van der Waals surface area contributed by atoms with Crippen LogP contribution in [0.4, 0.5) is 5.69 Å². The van der Waals surface area contributed by atoms with Gasteiger partial charge in [-0.25, -0.2) is 4.99 Å². The summed E-state index contributed by atoms with van der Waals surface area (Å²) in [7, 11) is 2.60. The molecule has 1 aromatic rings. The van der Waals surface area contributed by atoms with Crippen LogP contribution < -0.4 is 10.2 Å². The maximum atomic E-state index is 12.5. The standard InChI is InChI=1S/C14H18ClN3OS2/c1-14(2)12(20)16-13(17-14)21(19)8-9-7-10(15)5-6-11(9)18(3)4/h5-7H,8H2,1-4H3,(H,16,17,20). The van der Waals surface area contributed by atoms with E-state index in [9.17, 15) is 4.21 Å². The molecule has 0 aliphatic carbocycles. The van der Waals surface area contributed by atoms with Crippen LogP contribution >= 0.6 is 23.8 Å². The topological polar surface area (TPSA) is 44.7 Å². The van der Waals surface area contributed by atoms with Crippen molar-refractivity contribution in [3.8, 4) is 0 Å². The Labute approximate surface area is 138 Å². The van der Waals surface area contributed by atoms with E-state index in [2.05, 4.69) is 10.3 Å². The number of hydrogen-bond acceptors (Lipinski definition) is 4. The molecule has 0 aromatic heterocycles. The van der Waals surface area contributed by atoms with Crippen molar-refractivity contribution in [2.45, 2.75) is 25.1 Å². The van der Waals surface area contributed by atoms with E-state index >= 15 is 0 Å². The zero-order chi connectivity index (χ0) is 15.8. The second-order valence-corrected chi connectivity index (χ2v) is 7.80. The zero-order valence-corrected chi connectivity index (χ0v) is 14.8. The van der Waals surface area contributed by atoms with Crippen molar-refractivity contribution in [3.05, 3.63) is 28.8 Å². The van der Waals surface area contributed by atoms with Crippen molar-refractivity contribution in [2.75, 3.05) is 19.0 Å². The van der Waals surface area contributed by atoms with Crippen molar-refractivity contribution in [3.63, 3.8) is 0 Å². The lowest BCUT2D eigenvalue weighted by atomic mass is 10.1. The molecule has 0 spiro atoms. The van der Waals surface area contributed by atoms with Gasteiger partial charge in [-0.1, -0.05) is 23.8 Å². The minimum atomic E-state index is -1.28. The van der Waals surface area contributed by atoms with Crippen LogP contribution in [0.3, 0.4) is 0 Å². The summed E-state index contributed by atoms with van der Waals surface area (Å²) in [6.07, 6.45) is 0. The molecular formula is C14H18ClN3OS2. The van der Waals surface area contributed by atoms with Crippen molar-refractivity contribution in [2.24, 2.45) is 4.99 Å². The van der Waals surface area contributed by atoms with Gasteiger partial charge in [0.15, 0.2) is 5.17 Å². The van der Waals surface area contributed by atoms with Crippen LogP contribution in [0.2, 0.25) is 5.02 Å². The highest BCUT2D eigenvalue weighted by molar-refractivity contribution is 8.00. The largest absolute Gasteiger partial charge is 0.377 e. The summed E-state index contributed by atoms with van der Waals surface area (Å²) in [4.78, 5) is 6.99. The van der Waals surface area contributed by atoms with Crippen LogP contribution in [0, 0.1) is 0 Å². The van der Waals surface area contributed by atoms with Crippen molar-refractivity contribution >= 4 is 50.5 Å². The molecule has 1 aliphatic heterocycles. The molecule has 0 fully saturated rings. The number of hydrogen-bond donors (Lipinski definition) is 1. The second kappa shape index (κ2) is 6.02. The molecule has 0 bridgehead atoms.